The molecule has 0 bridgehead atoms. The first-order chi connectivity index (χ1) is 9.72. The quantitative estimate of drug-likeness (QED) is 0.545. The Morgan fingerprint density at radius 3 is 2.52 bits per heavy atom. The van der Waals surface area contributed by atoms with Crippen LogP contribution >= 0.6 is 7.37 Å². The van der Waals surface area contributed by atoms with Gasteiger partial charge in [-0.2, -0.15) is 0 Å². The van der Waals surface area contributed by atoms with E-state index in [4.69, 9.17) is 9.26 Å². The van der Waals surface area contributed by atoms with Gasteiger partial charge in [0.25, 0.3) is 0 Å². The van der Waals surface area contributed by atoms with Crippen LogP contribution in [0.15, 0.2) is 11.4 Å². The Hall–Kier alpha value is -0.583. The zero-order valence-corrected chi connectivity index (χ0v) is 15.7. The maximum Gasteiger partial charge on any atom is 0.410 e. The van der Waals surface area contributed by atoms with Crippen LogP contribution in [0.4, 0.5) is 4.79 Å². The molecule has 1 unspecified atom stereocenters. The highest BCUT2D eigenvalue weighted by atomic mass is 31.2. The second-order valence-corrected chi connectivity index (χ2v) is 15.0. The van der Waals surface area contributed by atoms with Gasteiger partial charge in [0.1, 0.15) is 0 Å². The monoisotopic (exact) mass is 333 g/mol. The number of carbonyl (C=O) groups is 1. The topological polar surface area (TPSA) is 55.8 Å². The number of amides is 1. The Bertz CT molecular complexity index is 437. The van der Waals surface area contributed by atoms with E-state index in [-0.39, 0.29) is 6.09 Å². The molecule has 0 radical (unpaired) electrons. The second kappa shape index (κ2) is 7.61. The van der Waals surface area contributed by atoms with Gasteiger partial charge in [0.15, 0.2) is 0 Å². The lowest BCUT2D eigenvalue weighted by molar-refractivity contribution is 0.110. The number of nitrogens with zero attached hydrogens (tertiary/aromatic N) is 1. The van der Waals surface area contributed by atoms with Gasteiger partial charge in [0, 0.05) is 39.7 Å². The zero-order chi connectivity index (χ0) is 16.1. The van der Waals surface area contributed by atoms with Gasteiger partial charge in [-0.3, -0.25) is 4.57 Å². The maximum absolute atomic E-state index is 12.4. The molecule has 1 amide bonds. The number of hydrogen-bond acceptors (Lipinski definition) is 4. The summed E-state index contributed by atoms with van der Waals surface area (Å²) in [6.07, 6.45) is 2.68. The highest BCUT2D eigenvalue weighted by Gasteiger charge is 2.29. The molecule has 0 aromatic carbocycles. The van der Waals surface area contributed by atoms with E-state index in [0.717, 1.165) is 11.4 Å². The Morgan fingerprint density at radius 2 is 2.10 bits per heavy atom. The van der Waals surface area contributed by atoms with Crippen LogP contribution < -0.4 is 0 Å². The Kier molecular flexibility index (Phi) is 6.69. The molecule has 0 N–H and O–H groups in total. The van der Waals surface area contributed by atoms with Crippen molar-refractivity contribution >= 4 is 21.5 Å². The molecule has 0 saturated heterocycles. The molecule has 0 saturated carbocycles. The summed E-state index contributed by atoms with van der Waals surface area (Å²) in [6, 6.07) is 0.975. The number of carbonyl (C=O) groups excluding carboxylic acids is 1. The van der Waals surface area contributed by atoms with Gasteiger partial charge in [-0.15, -0.1) is 0 Å². The third-order valence-electron chi connectivity index (χ3n) is 3.67. The first-order valence-electron chi connectivity index (χ1n) is 7.48. The van der Waals surface area contributed by atoms with Crippen molar-refractivity contribution in [3.63, 3.8) is 0 Å². The van der Waals surface area contributed by atoms with Gasteiger partial charge >= 0.3 is 6.09 Å². The van der Waals surface area contributed by atoms with E-state index in [1.165, 1.54) is 7.11 Å². The van der Waals surface area contributed by atoms with Gasteiger partial charge in [-0.1, -0.05) is 32.6 Å². The third-order valence-corrected chi connectivity index (χ3v) is 8.08. The molecule has 7 heteroatoms. The second-order valence-electron chi connectivity index (χ2n) is 6.49. The highest BCUT2D eigenvalue weighted by Crippen LogP contribution is 2.55. The fourth-order valence-corrected chi connectivity index (χ4v) is 4.53. The molecule has 1 atom stereocenters. The fraction of sp³-hybridized carbons (Fsp3) is 0.786. The lowest BCUT2D eigenvalue weighted by Gasteiger charge is -2.28. The molecule has 5 nitrogen and oxygen atoms in total. The van der Waals surface area contributed by atoms with E-state index >= 15 is 0 Å². The molecule has 1 rings (SSSR count). The number of rotatable bonds is 6. The third kappa shape index (κ3) is 5.61. The van der Waals surface area contributed by atoms with Crippen molar-refractivity contribution in [2.45, 2.75) is 39.0 Å². The largest absolute Gasteiger partial charge is 0.450 e. The van der Waals surface area contributed by atoms with E-state index in [2.05, 4.69) is 19.6 Å². The molecular formula is C14H28NO4PSi. The van der Waals surface area contributed by atoms with Gasteiger partial charge in [0.05, 0.1) is 6.61 Å². The lowest BCUT2D eigenvalue weighted by Crippen LogP contribution is -2.36. The maximum atomic E-state index is 12.4. The zero-order valence-electron chi connectivity index (χ0n) is 13.8. The first kappa shape index (κ1) is 18.5. The summed E-state index contributed by atoms with van der Waals surface area (Å²) >= 11 is 0. The van der Waals surface area contributed by atoms with Crippen molar-refractivity contribution < 1.29 is 18.6 Å². The van der Waals surface area contributed by atoms with Crippen molar-refractivity contribution in [2.75, 3.05) is 33.0 Å². The summed E-state index contributed by atoms with van der Waals surface area (Å²) in [7, 11) is -2.36. The Balaban J connectivity index is 2.50. The Morgan fingerprint density at radius 1 is 1.43 bits per heavy atom. The van der Waals surface area contributed by atoms with Crippen LogP contribution in [0.3, 0.4) is 0 Å². The summed E-state index contributed by atoms with van der Waals surface area (Å²) in [6.45, 7) is 10.1. The minimum Gasteiger partial charge on any atom is -0.450 e. The molecular weight excluding hydrogens is 305 g/mol. The number of hydrogen-bond donors (Lipinski definition) is 0. The van der Waals surface area contributed by atoms with Crippen molar-refractivity contribution in [1.29, 1.82) is 0 Å². The molecule has 1 aliphatic rings. The molecule has 0 fully saturated rings. The van der Waals surface area contributed by atoms with Gasteiger partial charge in [-0.05, 0) is 12.5 Å². The fourth-order valence-electron chi connectivity index (χ4n) is 2.12. The van der Waals surface area contributed by atoms with E-state index in [1.54, 1.807) is 4.90 Å². The van der Waals surface area contributed by atoms with E-state index in [9.17, 15) is 9.36 Å². The molecule has 0 aliphatic carbocycles. The molecule has 0 aromatic rings. The molecule has 1 heterocycles. The molecule has 122 valence electrons. The highest BCUT2D eigenvalue weighted by molar-refractivity contribution is 7.63. The van der Waals surface area contributed by atoms with Crippen molar-refractivity contribution in [3.05, 3.63) is 11.4 Å². The van der Waals surface area contributed by atoms with E-state index in [0.29, 0.717) is 32.3 Å². The summed E-state index contributed by atoms with van der Waals surface area (Å²) < 4.78 is 22.9. The van der Waals surface area contributed by atoms with Crippen LogP contribution in [-0.4, -0.2) is 52.0 Å². The van der Waals surface area contributed by atoms with Crippen LogP contribution in [0.25, 0.3) is 0 Å². The van der Waals surface area contributed by atoms with Gasteiger partial charge in [0.2, 0.25) is 7.37 Å². The predicted molar refractivity (Wildman–Crippen MR) is 88.9 cm³/mol. The average Bonchev–Trinajstić information content (AvgIpc) is 2.45. The van der Waals surface area contributed by atoms with Crippen LogP contribution in [-0.2, 0) is 13.8 Å². The minimum atomic E-state index is -2.67. The standard InChI is InChI=1S/C14H28NO4PSi/c1-6-20(17,18-2)13-7-9-15(10-8-13)14(16)19-11-12-21(3,4)5/h7H,6,8-12H2,1-5H3. The molecule has 21 heavy (non-hydrogen) atoms. The Labute approximate surface area is 129 Å². The van der Waals surface area contributed by atoms with Crippen LogP contribution in [0.1, 0.15) is 13.3 Å². The van der Waals surface area contributed by atoms with Crippen molar-refractivity contribution in [3.8, 4) is 0 Å². The summed E-state index contributed by atoms with van der Waals surface area (Å²) in [5.41, 5.74) is 0. The summed E-state index contributed by atoms with van der Waals surface area (Å²) in [5, 5.41) is 0.846. The van der Waals surface area contributed by atoms with Gasteiger partial charge in [-0.25, -0.2) is 4.79 Å². The summed E-state index contributed by atoms with van der Waals surface area (Å²) in [4.78, 5) is 13.6. The molecule has 0 spiro atoms. The van der Waals surface area contributed by atoms with Gasteiger partial charge < -0.3 is 14.2 Å². The molecule has 1 aliphatic heterocycles. The van der Waals surface area contributed by atoms with Crippen LogP contribution in [0, 0.1) is 0 Å². The van der Waals surface area contributed by atoms with E-state index in [1.807, 2.05) is 13.0 Å². The van der Waals surface area contributed by atoms with Crippen molar-refractivity contribution in [2.24, 2.45) is 0 Å². The smallest absolute Gasteiger partial charge is 0.410 e. The number of ether oxygens (including phenoxy) is 1. The first-order valence-corrected chi connectivity index (χ1v) is 13.0. The normalized spacial score (nSPS) is 18.9. The van der Waals surface area contributed by atoms with E-state index < -0.39 is 15.4 Å². The average molecular weight is 333 g/mol. The SMILES string of the molecule is CCP(=O)(OC)C1=CCN(C(=O)OCC[Si](C)(C)C)CC1. The molecule has 0 aromatic heterocycles. The van der Waals surface area contributed by atoms with Crippen LogP contribution in [0.2, 0.25) is 25.7 Å². The van der Waals surface area contributed by atoms with Crippen molar-refractivity contribution in [1.82, 2.24) is 4.90 Å². The predicted octanol–water partition coefficient (Wildman–Crippen LogP) is 4.00. The lowest BCUT2D eigenvalue weighted by atomic mass is 10.2. The minimum absolute atomic E-state index is 0.271. The summed E-state index contributed by atoms with van der Waals surface area (Å²) in [5.74, 6) is 0. The van der Waals surface area contributed by atoms with Crippen LogP contribution in [0.5, 0.6) is 0 Å².